The Labute approximate surface area is 151 Å². The molecule has 8 nitrogen and oxygen atoms in total. The number of carbonyl (C=O) groups is 2. The van der Waals surface area contributed by atoms with Crippen molar-refractivity contribution in [1.29, 1.82) is 0 Å². The van der Waals surface area contributed by atoms with Gasteiger partial charge in [0, 0.05) is 37.8 Å². The molecule has 0 atom stereocenters. The predicted octanol–water partition coefficient (Wildman–Crippen LogP) is 1.70. The predicted molar refractivity (Wildman–Crippen MR) is 92.6 cm³/mol. The van der Waals surface area contributed by atoms with Gasteiger partial charge in [0.05, 0.1) is 6.20 Å². The number of pyridine rings is 1. The molecule has 3 heterocycles. The maximum atomic E-state index is 12.1. The summed E-state index contributed by atoms with van der Waals surface area (Å²) >= 11 is 0. The highest BCUT2D eigenvalue weighted by Crippen LogP contribution is 2.13. The van der Waals surface area contributed by atoms with Crippen LogP contribution in [-0.2, 0) is 11.4 Å². The van der Waals surface area contributed by atoms with E-state index in [-0.39, 0.29) is 24.1 Å². The fourth-order valence-electron chi connectivity index (χ4n) is 2.68. The van der Waals surface area contributed by atoms with E-state index in [1.807, 2.05) is 19.1 Å². The number of aryl methyl sites for hydroxylation is 1. The molecule has 0 spiro atoms. The third-order valence-electron chi connectivity index (χ3n) is 4.15. The fourth-order valence-corrected chi connectivity index (χ4v) is 2.68. The molecule has 1 saturated heterocycles. The van der Waals surface area contributed by atoms with E-state index in [0.717, 1.165) is 25.1 Å². The number of amides is 2. The number of nitrogens with zero attached hydrogens (tertiary/aromatic N) is 3. The van der Waals surface area contributed by atoms with E-state index in [0.29, 0.717) is 31.0 Å². The van der Waals surface area contributed by atoms with Crippen LogP contribution in [0.3, 0.4) is 0 Å². The van der Waals surface area contributed by atoms with Gasteiger partial charge < -0.3 is 19.5 Å². The van der Waals surface area contributed by atoms with Crippen LogP contribution in [0.15, 0.2) is 28.9 Å². The number of rotatable bonds is 7. The van der Waals surface area contributed by atoms with Crippen LogP contribution in [-0.4, -0.2) is 46.5 Å². The van der Waals surface area contributed by atoms with Crippen LogP contribution in [0.4, 0.5) is 0 Å². The number of carbonyl (C=O) groups excluding carboxylic acids is 2. The number of likely N-dealkylation sites (tertiary alicyclic amines) is 1. The van der Waals surface area contributed by atoms with E-state index in [9.17, 15) is 9.59 Å². The largest absolute Gasteiger partial charge is 0.484 e. The molecular weight excluding hydrogens is 336 g/mol. The van der Waals surface area contributed by atoms with Crippen molar-refractivity contribution >= 4 is 11.8 Å². The second kappa shape index (κ2) is 8.46. The lowest BCUT2D eigenvalue weighted by molar-refractivity contribution is -0.133. The molecular formula is C18H22N4O4. The summed E-state index contributed by atoms with van der Waals surface area (Å²) in [5, 5.41) is 6.51. The Morgan fingerprint density at radius 3 is 3.04 bits per heavy atom. The lowest BCUT2D eigenvalue weighted by atomic mass is 10.1. The molecule has 26 heavy (non-hydrogen) atoms. The first-order valence-electron chi connectivity index (χ1n) is 8.69. The van der Waals surface area contributed by atoms with E-state index in [1.54, 1.807) is 17.2 Å². The summed E-state index contributed by atoms with van der Waals surface area (Å²) in [5.74, 6) is 0.879. The van der Waals surface area contributed by atoms with Crippen molar-refractivity contribution in [2.24, 2.45) is 0 Å². The molecule has 138 valence electrons. The topological polar surface area (TPSA) is 97.6 Å². The Bertz CT molecular complexity index is 757. The van der Waals surface area contributed by atoms with Crippen molar-refractivity contribution in [2.75, 3.05) is 19.6 Å². The second-order valence-corrected chi connectivity index (χ2v) is 6.20. The summed E-state index contributed by atoms with van der Waals surface area (Å²) in [6, 6.07) is 5.21. The van der Waals surface area contributed by atoms with E-state index in [4.69, 9.17) is 9.26 Å². The van der Waals surface area contributed by atoms with E-state index >= 15 is 0 Å². The Morgan fingerprint density at radius 1 is 1.38 bits per heavy atom. The molecule has 0 aromatic carbocycles. The molecule has 0 radical (unpaired) electrons. The number of piperidine rings is 1. The highest BCUT2D eigenvalue weighted by atomic mass is 16.5. The second-order valence-electron chi connectivity index (χ2n) is 6.20. The lowest BCUT2D eigenvalue weighted by Crippen LogP contribution is -2.41. The zero-order chi connectivity index (χ0) is 18.4. The van der Waals surface area contributed by atoms with Gasteiger partial charge in [0.2, 0.25) is 5.91 Å². The number of nitrogens with one attached hydrogen (secondary N) is 1. The SMILES string of the molecule is Cc1ccc(OCc2cc(C(=O)NCCN3CCCCC3=O)no2)cn1. The van der Waals surface area contributed by atoms with Gasteiger partial charge >= 0.3 is 0 Å². The molecule has 0 bridgehead atoms. The average molecular weight is 358 g/mol. The van der Waals surface area contributed by atoms with E-state index in [2.05, 4.69) is 15.5 Å². The van der Waals surface area contributed by atoms with Gasteiger partial charge in [0.15, 0.2) is 11.5 Å². The Balaban J connectivity index is 1.43. The van der Waals surface area contributed by atoms with E-state index < -0.39 is 0 Å². The van der Waals surface area contributed by atoms with Gasteiger partial charge in [-0.15, -0.1) is 0 Å². The van der Waals surface area contributed by atoms with Crippen molar-refractivity contribution in [3.63, 3.8) is 0 Å². The summed E-state index contributed by atoms with van der Waals surface area (Å²) in [6.07, 6.45) is 4.19. The molecule has 3 rings (SSSR count). The van der Waals surface area contributed by atoms with Gasteiger partial charge in [-0.25, -0.2) is 0 Å². The average Bonchev–Trinajstić information content (AvgIpc) is 3.12. The third kappa shape index (κ3) is 4.81. The van der Waals surface area contributed by atoms with Crippen LogP contribution in [0.1, 0.15) is 41.2 Å². The molecule has 1 fully saturated rings. The van der Waals surface area contributed by atoms with Crippen LogP contribution >= 0.6 is 0 Å². The van der Waals surface area contributed by atoms with Crippen LogP contribution < -0.4 is 10.1 Å². The third-order valence-corrected chi connectivity index (χ3v) is 4.15. The Morgan fingerprint density at radius 2 is 2.27 bits per heavy atom. The number of ether oxygens (including phenoxy) is 1. The Hall–Kier alpha value is -2.90. The van der Waals surface area contributed by atoms with Crippen molar-refractivity contribution < 1.29 is 18.8 Å². The molecule has 2 aromatic rings. The first-order valence-corrected chi connectivity index (χ1v) is 8.69. The molecule has 0 unspecified atom stereocenters. The quantitative estimate of drug-likeness (QED) is 0.809. The van der Waals surface area contributed by atoms with Crippen molar-refractivity contribution in [3.8, 4) is 5.75 Å². The van der Waals surface area contributed by atoms with Gasteiger partial charge in [-0.05, 0) is 31.9 Å². The van der Waals surface area contributed by atoms with Gasteiger partial charge in [-0.2, -0.15) is 0 Å². The number of aromatic nitrogens is 2. The number of hydrogen-bond donors (Lipinski definition) is 1. The Kier molecular flexibility index (Phi) is 5.83. The van der Waals surface area contributed by atoms with Crippen molar-refractivity contribution in [3.05, 3.63) is 41.5 Å². The van der Waals surface area contributed by atoms with Gasteiger partial charge in [-0.3, -0.25) is 14.6 Å². The van der Waals surface area contributed by atoms with Gasteiger partial charge in [0.25, 0.3) is 5.91 Å². The maximum Gasteiger partial charge on any atom is 0.273 e. The van der Waals surface area contributed by atoms with Crippen LogP contribution in [0.25, 0.3) is 0 Å². The summed E-state index contributed by atoms with van der Waals surface area (Å²) in [4.78, 5) is 29.7. The molecule has 8 heteroatoms. The smallest absolute Gasteiger partial charge is 0.273 e. The van der Waals surface area contributed by atoms with Crippen molar-refractivity contribution in [2.45, 2.75) is 32.8 Å². The lowest BCUT2D eigenvalue weighted by Gasteiger charge is -2.26. The normalized spacial score (nSPS) is 14.3. The minimum atomic E-state index is -0.332. The molecule has 1 N–H and O–H groups in total. The first-order chi connectivity index (χ1) is 12.6. The summed E-state index contributed by atoms with van der Waals surface area (Å²) in [7, 11) is 0. The summed E-state index contributed by atoms with van der Waals surface area (Å²) in [6.45, 7) is 3.71. The molecule has 0 saturated carbocycles. The minimum absolute atomic E-state index is 0.150. The van der Waals surface area contributed by atoms with Gasteiger partial charge in [0.1, 0.15) is 12.4 Å². The van der Waals surface area contributed by atoms with Crippen molar-refractivity contribution in [1.82, 2.24) is 20.4 Å². The minimum Gasteiger partial charge on any atom is -0.484 e. The van der Waals surface area contributed by atoms with Gasteiger partial charge in [-0.1, -0.05) is 5.16 Å². The van der Waals surface area contributed by atoms with Crippen LogP contribution in [0.2, 0.25) is 0 Å². The standard InChI is InChI=1S/C18H22N4O4/c1-13-5-6-14(11-20-13)25-12-15-10-16(21-26-15)18(24)19-7-9-22-8-3-2-4-17(22)23/h5-6,10-11H,2-4,7-9,12H2,1H3,(H,19,24). The zero-order valence-electron chi connectivity index (χ0n) is 14.7. The maximum absolute atomic E-state index is 12.1. The molecule has 0 aliphatic carbocycles. The zero-order valence-corrected chi connectivity index (χ0v) is 14.7. The van der Waals surface area contributed by atoms with E-state index in [1.165, 1.54) is 0 Å². The van der Waals surface area contributed by atoms with Crippen LogP contribution in [0, 0.1) is 6.92 Å². The van der Waals surface area contributed by atoms with Crippen LogP contribution in [0.5, 0.6) is 5.75 Å². The molecule has 2 aromatic heterocycles. The highest BCUT2D eigenvalue weighted by molar-refractivity contribution is 5.92. The number of hydrogen-bond acceptors (Lipinski definition) is 6. The highest BCUT2D eigenvalue weighted by Gasteiger charge is 2.18. The molecule has 1 aliphatic heterocycles. The monoisotopic (exact) mass is 358 g/mol. The molecule has 1 aliphatic rings. The molecule has 2 amide bonds. The summed E-state index contributed by atoms with van der Waals surface area (Å²) < 4.78 is 10.7. The fraction of sp³-hybridized carbons (Fsp3) is 0.444. The first kappa shape index (κ1) is 17.9. The summed E-state index contributed by atoms with van der Waals surface area (Å²) in [5.41, 5.74) is 1.10.